The fourth-order valence-corrected chi connectivity index (χ4v) is 1.19. The van der Waals surface area contributed by atoms with Gasteiger partial charge in [-0.25, -0.2) is 4.79 Å². The summed E-state index contributed by atoms with van der Waals surface area (Å²) < 4.78 is 5.01. The first-order valence-electron chi connectivity index (χ1n) is 4.60. The Hall–Kier alpha value is -1.45. The molecular weight excluding hydrogens is 182 g/mol. The number of allylic oxidation sites excluding steroid dienone is 2. The number of hydrogen-bond donors (Lipinski definition) is 2. The number of ether oxygens (including phenoxy) is 1. The van der Waals surface area contributed by atoms with Crippen molar-refractivity contribution in [3.8, 4) is 0 Å². The quantitative estimate of drug-likeness (QED) is 0.656. The maximum absolute atomic E-state index is 11.4. The first kappa shape index (κ1) is 10.6. The molecule has 4 nitrogen and oxygen atoms in total. The van der Waals surface area contributed by atoms with Crippen molar-refractivity contribution < 1.29 is 14.6 Å². The van der Waals surface area contributed by atoms with Gasteiger partial charge in [0, 0.05) is 12.0 Å². The third-order valence-electron chi connectivity index (χ3n) is 1.90. The van der Waals surface area contributed by atoms with E-state index >= 15 is 0 Å². The maximum atomic E-state index is 11.4. The van der Waals surface area contributed by atoms with E-state index in [1.165, 1.54) is 6.08 Å². The van der Waals surface area contributed by atoms with Gasteiger partial charge in [0.25, 0.3) is 0 Å². The number of carbonyl (C=O) groups excluding carboxylic acids is 1. The van der Waals surface area contributed by atoms with Gasteiger partial charge in [0.1, 0.15) is 5.76 Å². The topological polar surface area (TPSA) is 72.5 Å². The fraction of sp³-hybridized carbons (Fsp3) is 0.500. The number of esters is 1. The van der Waals surface area contributed by atoms with Crippen LogP contribution in [-0.2, 0) is 9.53 Å². The Labute approximate surface area is 83.0 Å². The summed E-state index contributed by atoms with van der Waals surface area (Å²) in [6.45, 7) is 3.58. The van der Waals surface area contributed by atoms with Gasteiger partial charge >= 0.3 is 5.97 Å². The zero-order valence-electron chi connectivity index (χ0n) is 8.41. The van der Waals surface area contributed by atoms with E-state index in [0.717, 1.165) is 0 Å². The fourth-order valence-electron chi connectivity index (χ4n) is 1.19. The molecule has 0 bridgehead atoms. The van der Waals surface area contributed by atoms with Gasteiger partial charge < -0.3 is 15.6 Å². The molecule has 0 aromatic rings. The Morgan fingerprint density at radius 3 is 2.71 bits per heavy atom. The van der Waals surface area contributed by atoms with Crippen LogP contribution < -0.4 is 5.73 Å². The lowest BCUT2D eigenvalue weighted by Crippen LogP contribution is -2.17. The van der Waals surface area contributed by atoms with E-state index in [2.05, 4.69) is 0 Å². The van der Waals surface area contributed by atoms with E-state index in [0.29, 0.717) is 18.4 Å². The minimum Gasteiger partial charge on any atom is -0.510 e. The Balaban J connectivity index is 2.71. The largest absolute Gasteiger partial charge is 0.510 e. The summed E-state index contributed by atoms with van der Waals surface area (Å²) >= 11 is 0. The van der Waals surface area contributed by atoms with Gasteiger partial charge in [-0.15, -0.1) is 0 Å². The predicted molar refractivity (Wildman–Crippen MR) is 52.4 cm³/mol. The molecule has 0 atom stereocenters. The van der Waals surface area contributed by atoms with Crippen molar-refractivity contribution in [2.24, 2.45) is 5.73 Å². The average Bonchev–Trinajstić information content (AvgIpc) is 2.08. The van der Waals surface area contributed by atoms with Gasteiger partial charge in [-0.3, -0.25) is 0 Å². The lowest BCUT2D eigenvalue weighted by molar-refractivity contribution is -0.142. The van der Waals surface area contributed by atoms with Gasteiger partial charge in [-0.1, -0.05) is 0 Å². The summed E-state index contributed by atoms with van der Waals surface area (Å²) in [7, 11) is 0. The van der Waals surface area contributed by atoms with Crippen LogP contribution in [0.1, 0.15) is 26.7 Å². The molecule has 78 valence electrons. The van der Waals surface area contributed by atoms with Gasteiger partial charge in [-0.05, 0) is 26.3 Å². The van der Waals surface area contributed by atoms with E-state index < -0.39 is 0 Å². The van der Waals surface area contributed by atoms with Crippen LogP contribution in [0.5, 0.6) is 0 Å². The van der Waals surface area contributed by atoms with Crippen molar-refractivity contribution in [2.45, 2.75) is 32.8 Å². The van der Waals surface area contributed by atoms with E-state index in [1.54, 1.807) is 13.8 Å². The highest BCUT2D eigenvalue weighted by atomic mass is 16.5. The zero-order chi connectivity index (χ0) is 10.7. The van der Waals surface area contributed by atoms with Crippen LogP contribution in [0, 0.1) is 0 Å². The van der Waals surface area contributed by atoms with Crippen LogP contribution in [0.2, 0.25) is 0 Å². The number of aliphatic hydroxyl groups is 1. The molecule has 0 aromatic heterocycles. The molecule has 0 fully saturated rings. The molecule has 0 amide bonds. The Kier molecular flexibility index (Phi) is 3.17. The Bertz CT molecular complexity index is 302. The second kappa shape index (κ2) is 4.17. The summed E-state index contributed by atoms with van der Waals surface area (Å²) in [5.74, 6) is -0.207. The van der Waals surface area contributed by atoms with Crippen LogP contribution in [-0.4, -0.2) is 17.2 Å². The van der Waals surface area contributed by atoms with Crippen LogP contribution in [0.3, 0.4) is 0 Å². The summed E-state index contributed by atoms with van der Waals surface area (Å²) in [5, 5.41) is 9.22. The summed E-state index contributed by atoms with van der Waals surface area (Å²) in [4.78, 5) is 11.4. The average molecular weight is 197 g/mol. The maximum Gasteiger partial charge on any atom is 0.334 e. The molecule has 1 aliphatic rings. The third kappa shape index (κ3) is 2.52. The molecule has 1 aliphatic carbocycles. The first-order valence-corrected chi connectivity index (χ1v) is 4.60. The number of rotatable bonds is 2. The molecule has 4 heteroatoms. The monoisotopic (exact) mass is 197 g/mol. The van der Waals surface area contributed by atoms with Crippen molar-refractivity contribution in [2.75, 3.05) is 0 Å². The molecule has 0 heterocycles. The van der Waals surface area contributed by atoms with Gasteiger partial charge in [-0.2, -0.15) is 0 Å². The molecule has 0 saturated carbocycles. The van der Waals surface area contributed by atoms with E-state index in [-0.39, 0.29) is 23.5 Å². The molecule has 0 radical (unpaired) electrons. The summed E-state index contributed by atoms with van der Waals surface area (Å²) in [6.07, 6.45) is 2.23. The van der Waals surface area contributed by atoms with Gasteiger partial charge in [0.2, 0.25) is 0 Å². The molecule has 0 saturated heterocycles. The van der Waals surface area contributed by atoms with Gasteiger partial charge in [0.15, 0.2) is 0 Å². The van der Waals surface area contributed by atoms with Crippen molar-refractivity contribution in [3.05, 3.63) is 23.1 Å². The van der Waals surface area contributed by atoms with Crippen LogP contribution in [0.15, 0.2) is 23.1 Å². The minimum absolute atomic E-state index is 0.135. The van der Waals surface area contributed by atoms with E-state index in [1.807, 2.05) is 0 Å². The standard InChI is InChI=1S/C10H15NO3/c1-6(2)14-10(13)7-3-4-9(12)8(11)5-7/h5-6,12H,3-4,11H2,1-2H3. The Morgan fingerprint density at radius 2 is 2.21 bits per heavy atom. The third-order valence-corrected chi connectivity index (χ3v) is 1.90. The molecule has 0 aliphatic heterocycles. The van der Waals surface area contributed by atoms with E-state index in [4.69, 9.17) is 10.5 Å². The normalized spacial score (nSPS) is 16.9. The Morgan fingerprint density at radius 1 is 1.57 bits per heavy atom. The van der Waals surface area contributed by atoms with Crippen LogP contribution in [0.4, 0.5) is 0 Å². The minimum atomic E-state index is -0.351. The summed E-state index contributed by atoms with van der Waals surface area (Å²) in [6, 6.07) is 0. The van der Waals surface area contributed by atoms with E-state index in [9.17, 15) is 9.90 Å². The molecule has 1 rings (SSSR count). The first-order chi connectivity index (χ1) is 6.50. The highest BCUT2D eigenvalue weighted by Crippen LogP contribution is 2.20. The van der Waals surface area contributed by atoms with Crippen molar-refractivity contribution >= 4 is 5.97 Å². The highest BCUT2D eigenvalue weighted by Gasteiger charge is 2.18. The van der Waals surface area contributed by atoms with Crippen molar-refractivity contribution in [3.63, 3.8) is 0 Å². The van der Waals surface area contributed by atoms with Gasteiger partial charge in [0.05, 0.1) is 11.8 Å². The molecule has 3 N–H and O–H groups in total. The van der Waals surface area contributed by atoms with Crippen LogP contribution >= 0.6 is 0 Å². The highest BCUT2D eigenvalue weighted by molar-refractivity contribution is 5.89. The smallest absolute Gasteiger partial charge is 0.334 e. The zero-order valence-corrected chi connectivity index (χ0v) is 8.41. The molecule has 0 unspecified atom stereocenters. The number of nitrogens with two attached hydrogens (primary N) is 1. The van der Waals surface area contributed by atoms with Crippen molar-refractivity contribution in [1.82, 2.24) is 0 Å². The summed E-state index contributed by atoms with van der Waals surface area (Å²) in [5.41, 5.74) is 6.26. The SMILES string of the molecule is CC(C)OC(=O)C1=CC(N)=C(O)CC1. The lowest BCUT2D eigenvalue weighted by atomic mass is 10.0. The molecule has 0 spiro atoms. The van der Waals surface area contributed by atoms with Crippen molar-refractivity contribution in [1.29, 1.82) is 0 Å². The molecule has 14 heavy (non-hydrogen) atoms. The second-order valence-corrected chi connectivity index (χ2v) is 3.53. The molecular formula is C10H15NO3. The second-order valence-electron chi connectivity index (χ2n) is 3.53. The number of hydrogen-bond acceptors (Lipinski definition) is 4. The number of aliphatic hydroxyl groups excluding tert-OH is 1. The lowest BCUT2D eigenvalue weighted by Gasteiger charge is -2.14. The number of carbonyl (C=O) groups is 1. The predicted octanol–water partition coefficient (Wildman–Crippen LogP) is 1.39. The van der Waals surface area contributed by atoms with Crippen LogP contribution in [0.25, 0.3) is 0 Å². The molecule has 0 aromatic carbocycles.